The zero-order chi connectivity index (χ0) is 17.2. The Morgan fingerprint density at radius 3 is 2.62 bits per heavy atom. The van der Waals surface area contributed by atoms with Crippen LogP contribution in [0, 0.1) is 0 Å². The number of carbonyl (C=O) groups is 1. The lowest BCUT2D eigenvalue weighted by molar-refractivity contribution is 0.0954. The van der Waals surface area contributed by atoms with Gasteiger partial charge in [-0.1, -0.05) is 30.3 Å². The van der Waals surface area contributed by atoms with Crippen molar-refractivity contribution in [3.05, 3.63) is 70.8 Å². The third kappa shape index (κ3) is 3.51. The first kappa shape index (κ1) is 16.3. The Morgan fingerprint density at radius 1 is 1.12 bits per heavy atom. The van der Waals surface area contributed by atoms with E-state index in [9.17, 15) is 4.79 Å². The molecule has 0 fully saturated rings. The predicted molar refractivity (Wildman–Crippen MR) is 97.3 cm³/mol. The fraction of sp³-hybridized carbons (Fsp3) is 0.286. The topological polar surface area (TPSA) is 38.3 Å². The van der Waals surface area contributed by atoms with Crippen LogP contribution < -0.4 is 10.1 Å². The molecule has 0 saturated carbocycles. The molecule has 0 spiro atoms. The largest absolute Gasteiger partial charge is 0.483 e. The van der Waals surface area contributed by atoms with Crippen LogP contribution in [0.5, 0.6) is 5.75 Å². The average Bonchev–Trinajstić information content (AvgIpc) is 2.56. The Balaban J connectivity index is 1.66. The van der Waals surface area contributed by atoms with Crippen molar-refractivity contribution in [1.82, 2.24) is 5.32 Å². The first-order valence-electron chi connectivity index (χ1n) is 8.30. The summed E-state index contributed by atoms with van der Waals surface area (Å²) >= 11 is 0. The number of ether oxygens (including phenoxy) is 1. The van der Waals surface area contributed by atoms with Crippen LogP contribution in [-0.2, 0) is 6.42 Å². The van der Waals surface area contributed by atoms with Crippen LogP contribution in [-0.4, -0.2) is 18.1 Å². The van der Waals surface area contributed by atoms with Crippen LogP contribution in [0.1, 0.15) is 42.3 Å². The van der Waals surface area contributed by atoms with Crippen LogP contribution in [0.2, 0.25) is 0 Å². The predicted octanol–water partition coefficient (Wildman–Crippen LogP) is 4.23. The summed E-state index contributed by atoms with van der Waals surface area (Å²) in [4.78, 5) is 12.4. The molecule has 2 aromatic rings. The molecule has 0 aromatic heterocycles. The van der Waals surface area contributed by atoms with Crippen molar-refractivity contribution >= 4 is 12.0 Å². The van der Waals surface area contributed by atoms with Crippen molar-refractivity contribution < 1.29 is 9.53 Å². The van der Waals surface area contributed by atoms with E-state index in [0.29, 0.717) is 12.1 Å². The van der Waals surface area contributed by atoms with Crippen LogP contribution in [0.4, 0.5) is 0 Å². The quantitative estimate of drug-likeness (QED) is 0.915. The molecule has 0 saturated heterocycles. The molecule has 1 N–H and O–H groups in total. The minimum atomic E-state index is -0.299. The molecule has 1 heterocycles. The molecule has 2 aromatic carbocycles. The first-order valence-corrected chi connectivity index (χ1v) is 8.30. The second-order valence-electron chi connectivity index (χ2n) is 6.68. The molecule has 0 unspecified atom stereocenters. The molecule has 1 amide bonds. The van der Waals surface area contributed by atoms with Gasteiger partial charge in [0.15, 0.2) is 0 Å². The highest BCUT2D eigenvalue weighted by molar-refractivity contribution is 5.95. The number of amides is 1. The van der Waals surface area contributed by atoms with E-state index in [1.54, 1.807) is 0 Å². The Kier molecular flexibility index (Phi) is 4.43. The monoisotopic (exact) mass is 321 g/mol. The van der Waals surface area contributed by atoms with Crippen molar-refractivity contribution in [1.29, 1.82) is 0 Å². The second kappa shape index (κ2) is 6.52. The molecule has 124 valence electrons. The SMILES string of the molecule is CC1=Cc2cc(C(=O)NCCc3ccccc3)ccc2OC1(C)C. The summed E-state index contributed by atoms with van der Waals surface area (Å²) in [6.07, 6.45) is 2.92. The minimum absolute atomic E-state index is 0.0513. The molecule has 1 aliphatic heterocycles. The summed E-state index contributed by atoms with van der Waals surface area (Å²) in [5.41, 5.74) is 3.69. The van der Waals surface area contributed by atoms with Gasteiger partial charge in [-0.3, -0.25) is 4.79 Å². The zero-order valence-corrected chi connectivity index (χ0v) is 14.4. The van der Waals surface area contributed by atoms with Gasteiger partial charge >= 0.3 is 0 Å². The third-order valence-corrected chi connectivity index (χ3v) is 4.50. The molecule has 0 atom stereocenters. The Morgan fingerprint density at radius 2 is 1.88 bits per heavy atom. The van der Waals surface area contributed by atoms with Gasteiger partial charge < -0.3 is 10.1 Å². The molecular weight excluding hydrogens is 298 g/mol. The van der Waals surface area contributed by atoms with Gasteiger partial charge in [0.25, 0.3) is 5.91 Å². The smallest absolute Gasteiger partial charge is 0.251 e. The number of nitrogens with one attached hydrogen (secondary N) is 1. The highest BCUT2D eigenvalue weighted by atomic mass is 16.5. The molecule has 0 bridgehead atoms. The summed E-state index contributed by atoms with van der Waals surface area (Å²) in [5, 5.41) is 2.98. The van der Waals surface area contributed by atoms with Crippen molar-refractivity contribution in [3.8, 4) is 5.75 Å². The zero-order valence-electron chi connectivity index (χ0n) is 14.4. The molecule has 0 radical (unpaired) electrons. The summed E-state index contributed by atoms with van der Waals surface area (Å²) in [5.74, 6) is 0.774. The van der Waals surface area contributed by atoms with E-state index in [1.165, 1.54) is 5.56 Å². The molecule has 24 heavy (non-hydrogen) atoms. The standard InChI is InChI=1S/C21H23NO2/c1-15-13-18-14-17(9-10-19(18)24-21(15,2)3)20(23)22-12-11-16-7-5-4-6-8-16/h4-10,13-14H,11-12H2,1-3H3,(H,22,23). The van der Waals surface area contributed by atoms with Gasteiger partial charge in [0, 0.05) is 17.7 Å². The van der Waals surface area contributed by atoms with Gasteiger partial charge in [-0.2, -0.15) is 0 Å². The van der Waals surface area contributed by atoms with E-state index in [4.69, 9.17) is 4.74 Å². The van der Waals surface area contributed by atoms with Crippen molar-refractivity contribution in [2.24, 2.45) is 0 Å². The fourth-order valence-electron chi connectivity index (χ4n) is 2.72. The number of benzene rings is 2. The van der Waals surface area contributed by atoms with Crippen LogP contribution >= 0.6 is 0 Å². The van der Waals surface area contributed by atoms with Crippen molar-refractivity contribution in [2.45, 2.75) is 32.8 Å². The lowest BCUT2D eigenvalue weighted by Gasteiger charge is -2.32. The van der Waals surface area contributed by atoms with Crippen LogP contribution in [0.3, 0.4) is 0 Å². The Hall–Kier alpha value is -2.55. The first-order chi connectivity index (χ1) is 11.5. The molecule has 3 heteroatoms. The van der Waals surface area contributed by atoms with Crippen molar-refractivity contribution in [2.75, 3.05) is 6.54 Å². The van der Waals surface area contributed by atoms with Gasteiger partial charge in [0.2, 0.25) is 0 Å². The number of fused-ring (bicyclic) bond motifs is 1. The fourth-order valence-corrected chi connectivity index (χ4v) is 2.72. The number of rotatable bonds is 4. The minimum Gasteiger partial charge on any atom is -0.483 e. The number of carbonyl (C=O) groups excluding carboxylic acids is 1. The van der Waals surface area contributed by atoms with E-state index in [2.05, 4.69) is 30.4 Å². The van der Waals surface area contributed by atoms with Gasteiger partial charge in [0.05, 0.1) is 0 Å². The highest BCUT2D eigenvalue weighted by Gasteiger charge is 2.27. The normalized spacial score (nSPS) is 15.0. The van der Waals surface area contributed by atoms with Gasteiger partial charge in [-0.05, 0) is 62.6 Å². The van der Waals surface area contributed by atoms with Crippen molar-refractivity contribution in [3.63, 3.8) is 0 Å². The maximum absolute atomic E-state index is 12.4. The molecular formula is C21H23NO2. The lowest BCUT2D eigenvalue weighted by Crippen LogP contribution is -2.32. The molecule has 1 aliphatic rings. The summed E-state index contributed by atoms with van der Waals surface area (Å²) in [6.45, 7) is 6.77. The number of hydrogen-bond donors (Lipinski definition) is 1. The van der Waals surface area contributed by atoms with E-state index in [-0.39, 0.29) is 11.5 Å². The Bertz CT molecular complexity index is 776. The Labute approximate surface area is 143 Å². The number of hydrogen-bond acceptors (Lipinski definition) is 2. The van der Waals surface area contributed by atoms with E-state index in [1.807, 2.05) is 50.2 Å². The second-order valence-corrected chi connectivity index (χ2v) is 6.68. The van der Waals surface area contributed by atoms with E-state index in [0.717, 1.165) is 23.3 Å². The summed E-state index contributed by atoms with van der Waals surface area (Å²) < 4.78 is 6.01. The maximum Gasteiger partial charge on any atom is 0.251 e. The van der Waals surface area contributed by atoms with E-state index >= 15 is 0 Å². The lowest BCUT2D eigenvalue weighted by atomic mass is 9.93. The van der Waals surface area contributed by atoms with Gasteiger partial charge in [0.1, 0.15) is 11.4 Å². The molecule has 3 rings (SSSR count). The van der Waals surface area contributed by atoms with E-state index < -0.39 is 0 Å². The highest BCUT2D eigenvalue weighted by Crippen LogP contribution is 2.35. The maximum atomic E-state index is 12.4. The average molecular weight is 321 g/mol. The van der Waals surface area contributed by atoms with Gasteiger partial charge in [-0.15, -0.1) is 0 Å². The van der Waals surface area contributed by atoms with Crippen LogP contribution in [0.15, 0.2) is 54.1 Å². The molecule has 3 nitrogen and oxygen atoms in total. The molecule has 0 aliphatic carbocycles. The summed E-state index contributed by atoms with van der Waals surface area (Å²) in [7, 11) is 0. The van der Waals surface area contributed by atoms with Gasteiger partial charge in [-0.25, -0.2) is 0 Å². The summed E-state index contributed by atoms with van der Waals surface area (Å²) in [6, 6.07) is 15.7. The third-order valence-electron chi connectivity index (χ3n) is 4.50. The van der Waals surface area contributed by atoms with Crippen LogP contribution in [0.25, 0.3) is 6.08 Å².